The number of carbonyl (C=O) groups excluding carboxylic acids is 1. The van der Waals surface area contributed by atoms with E-state index in [9.17, 15) is 4.79 Å². The highest BCUT2D eigenvalue weighted by atomic mass is 16.5. The summed E-state index contributed by atoms with van der Waals surface area (Å²) in [5, 5.41) is 2.65. The van der Waals surface area contributed by atoms with Gasteiger partial charge in [-0.15, -0.1) is 6.58 Å². The van der Waals surface area contributed by atoms with E-state index in [-0.39, 0.29) is 24.2 Å². The maximum Gasteiger partial charge on any atom is 0.258 e. The van der Waals surface area contributed by atoms with Crippen molar-refractivity contribution in [2.24, 2.45) is 5.73 Å². The van der Waals surface area contributed by atoms with E-state index in [0.29, 0.717) is 12.3 Å². The second-order valence-corrected chi connectivity index (χ2v) is 5.75. The van der Waals surface area contributed by atoms with Crippen molar-refractivity contribution in [1.29, 1.82) is 0 Å². The monoisotopic (exact) mass is 290 g/mol. The molecule has 1 amide bonds. The predicted molar refractivity (Wildman–Crippen MR) is 81.4 cm³/mol. The third kappa shape index (κ3) is 3.98. The molecule has 2 rings (SSSR count). The highest BCUT2D eigenvalue weighted by Gasteiger charge is 2.31. The summed E-state index contributed by atoms with van der Waals surface area (Å²) in [4.78, 5) is 11.5. The number of ether oxygens (including phenoxy) is 2. The Labute approximate surface area is 125 Å². The molecule has 1 unspecified atom stereocenters. The van der Waals surface area contributed by atoms with Crippen LogP contribution in [0.5, 0.6) is 11.5 Å². The minimum atomic E-state index is -0.299. The molecule has 1 aromatic rings. The number of rotatable bonds is 5. The fourth-order valence-electron chi connectivity index (χ4n) is 2.36. The lowest BCUT2D eigenvalue weighted by molar-refractivity contribution is -0.122. The number of hydrogen-bond acceptors (Lipinski definition) is 4. The van der Waals surface area contributed by atoms with Gasteiger partial charge in [0.05, 0.1) is 0 Å². The van der Waals surface area contributed by atoms with Crippen LogP contribution in [0.3, 0.4) is 0 Å². The zero-order valence-electron chi connectivity index (χ0n) is 12.5. The molecular weight excluding hydrogens is 268 g/mol. The molecular formula is C16H22N2O3. The van der Waals surface area contributed by atoms with Crippen LogP contribution in [-0.4, -0.2) is 24.7 Å². The molecule has 0 fully saturated rings. The van der Waals surface area contributed by atoms with Crippen molar-refractivity contribution in [2.45, 2.75) is 31.9 Å². The Kier molecular flexibility index (Phi) is 4.53. The third-order valence-electron chi connectivity index (χ3n) is 3.30. The first-order chi connectivity index (χ1) is 9.91. The van der Waals surface area contributed by atoms with Crippen LogP contribution in [0.1, 0.15) is 31.9 Å². The zero-order valence-corrected chi connectivity index (χ0v) is 12.5. The quantitative estimate of drug-likeness (QED) is 0.813. The van der Waals surface area contributed by atoms with E-state index in [4.69, 9.17) is 15.2 Å². The maximum atomic E-state index is 11.5. The van der Waals surface area contributed by atoms with E-state index in [1.165, 1.54) is 0 Å². The first kappa shape index (κ1) is 15.4. The molecule has 0 aromatic heterocycles. The molecule has 0 saturated carbocycles. The first-order valence-corrected chi connectivity index (χ1v) is 7.00. The number of carbonyl (C=O) groups is 1. The van der Waals surface area contributed by atoms with Crippen molar-refractivity contribution < 1.29 is 14.3 Å². The number of amides is 1. The highest BCUT2D eigenvalue weighted by molar-refractivity contribution is 5.77. The van der Waals surface area contributed by atoms with Crippen LogP contribution in [-0.2, 0) is 4.79 Å². The van der Waals surface area contributed by atoms with Crippen molar-refractivity contribution in [2.75, 3.05) is 13.2 Å². The van der Waals surface area contributed by atoms with Gasteiger partial charge in [0, 0.05) is 30.6 Å². The maximum absolute atomic E-state index is 11.5. The van der Waals surface area contributed by atoms with Crippen molar-refractivity contribution in [3.05, 3.63) is 36.4 Å². The molecule has 0 spiro atoms. The van der Waals surface area contributed by atoms with Crippen LogP contribution >= 0.6 is 0 Å². The number of fused-ring (bicyclic) bond motifs is 1. The molecule has 0 radical (unpaired) electrons. The number of benzene rings is 1. The normalized spacial score (nSPS) is 19.1. The topological polar surface area (TPSA) is 73.6 Å². The number of nitrogens with two attached hydrogens (primary N) is 1. The molecule has 5 nitrogen and oxygen atoms in total. The molecule has 1 atom stereocenters. The summed E-state index contributed by atoms with van der Waals surface area (Å²) >= 11 is 0. The minimum absolute atomic E-state index is 0.0396. The summed E-state index contributed by atoms with van der Waals surface area (Å²) in [7, 11) is 0. The van der Waals surface area contributed by atoms with Gasteiger partial charge in [-0.2, -0.15) is 0 Å². The van der Waals surface area contributed by atoms with Gasteiger partial charge in [0.1, 0.15) is 17.1 Å². The van der Waals surface area contributed by atoms with Crippen LogP contribution in [0, 0.1) is 0 Å². The fourth-order valence-corrected chi connectivity index (χ4v) is 2.36. The first-order valence-electron chi connectivity index (χ1n) is 7.00. The molecule has 0 saturated heterocycles. The van der Waals surface area contributed by atoms with Gasteiger partial charge in [-0.3, -0.25) is 4.79 Å². The van der Waals surface area contributed by atoms with Crippen molar-refractivity contribution in [1.82, 2.24) is 5.32 Å². The lowest BCUT2D eigenvalue weighted by Crippen LogP contribution is -2.37. The second kappa shape index (κ2) is 6.18. The van der Waals surface area contributed by atoms with Gasteiger partial charge in [0.2, 0.25) is 0 Å². The van der Waals surface area contributed by atoms with E-state index in [1.807, 2.05) is 19.9 Å². The number of nitrogens with one attached hydrogen (secondary N) is 1. The van der Waals surface area contributed by atoms with Gasteiger partial charge in [0.15, 0.2) is 6.61 Å². The minimum Gasteiger partial charge on any atom is -0.487 e. The molecule has 114 valence electrons. The molecule has 3 N–H and O–H groups in total. The number of hydrogen-bond donors (Lipinski definition) is 2. The summed E-state index contributed by atoms with van der Waals surface area (Å²) in [6.07, 6.45) is 2.39. The van der Waals surface area contributed by atoms with Crippen LogP contribution in [0.4, 0.5) is 0 Å². The molecule has 1 heterocycles. The Morgan fingerprint density at radius 3 is 3.10 bits per heavy atom. The highest BCUT2D eigenvalue weighted by Crippen LogP contribution is 2.39. The van der Waals surface area contributed by atoms with Gasteiger partial charge in [0.25, 0.3) is 5.91 Å². The summed E-state index contributed by atoms with van der Waals surface area (Å²) in [6.45, 7) is 7.94. The Hall–Kier alpha value is -2.01. The standard InChI is InChI=1S/C16H22N2O3/c1-4-7-18-15(19)10-20-11-5-6-12-13(17)9-16(2,3)21-14(12)8-11/h4-6,8,13H,1,7,9-10,17H2,2-3H3,(H,18,19). The average Bonchev–Trinajstić information content (AvgIpc) is 2.41. The lowest BCUT2D eigenvalue weighted by Gasteiger charge is -2.36. The molecule has 5 heteroatoms. The summed E-state index contributed by atoms with van der Waals surface area (Å²) in [5.41, 5.74) is 6.83. The van der Waals surface area contributed by atoms with Gasteiger partial charge in [-0.25, -0.2) is 0 Å². The van der Waals surface area contributed by atoms with E-state index in [1.54, 1.807) is 18.2 Å². The Balaban J connectivity index is 2.04. The predicted octanol–water partition coefficient (Wildman–Crippen LogP) is 1.93. The van der Waals surface area contributed by atoms with Crippen LogP contribution in [0.2, 0.25) is 0 Å². The van der Waals surface area contributed by atoms with Crippen LogP contribution < -0.4 is 20.5 Å². The molecule has 1 aromatic carbocycles. The van der Waals surface area contributed by atoms with E-state index in [2.05, 4.69) is 11.9 Å². The zero-order chi connectivity index (χ0) is 15.5. The third-order valence-corrected chi connectivity index (χ3v) is 3.30. The van der Waals surface area contributed by atoms with Gasteiger partial charge < -0.3 is 20.5 Å². The fraction of sp³-hybridized carbons (Fsp3) is 0.438. The Bertz CT molecular complexity index is 540. The van der Waals surface area contributed by atoms with Crippen LogP contribution in [0.25, 0.3) is 0 Å². The molecule has 0 aliphatic carbocycles. The summed E-state index contributed by atoms with van der Waals surface area (Å²) in [6, 6.07) is 5.44. The molecule has 1 aliphatic heterocycles. The van der Waals surface area contributed by atoms with E-state index < -0.39 is 0 Å². The van der Waals surface area contributed by atoms with E-state index in [0.717, 1.165) is 17.7 Å². The molecule has 21 heavy (non-hydrogen) atoms. The molecule has 0 bridgehead atoms. The Morgan fingerprint density at radius 1 is 1.62 bits per heavy atom. The second-order valence-electron chi connectivity index (χ2n) is 5.75. The lowest BCUT2D eigenvalue weighted by atomic mass is 9.90. The van der Waals surface area contributed by atoms with Gasteiger partial charge in [-0.05, 0) is 19.9 Å². The van der Waals surface area contributed by atoms with Gasteiger partial charge in [-0.1, -0.05) is 12.1 Å². The smallest absolute Gasteiger partial charge is 0.258 e. The van der Waals surface area contributed by atoms with E-state index >= 15 is 0 Å². The SMILES string of the molecule is C=CCNC(=O)COc1ccc2c(c1)OC(C)(C)CC2N. The largest absolute Gasteiger partial charge is 0.487 e. The van der Waals surface area contributed by atoms with Crippen molar-refractivity contribution >= 4 is 5.91 Å². The Morgan fingerprint density at radius 2 is 2.38 bits per heavy atom. The summed E-state index contributed by atoms with van der Waals surface area (Å²) < 4.78 is 11.4. The van der Waals surface area contributed by atoms with Crippen molar-refractivity contribution in [3.63, 3.8) is 0 Å². The average molecular weight is 290 g/mol. The van der Waals surface area contributed by atoms with Gasteiger partial charge >= 0.3 is 0 Å². The summed E-state index contributed by atoms with van der Waals surface area (Å²) in [5.74, 6) is 1.13. The van der Waals surface area contributed by atoms with Crippen molar-refractivity contribution in [3.8, 4) is 11.5 Å². The van der Waals surface area contributed by atoms with Crippen LogP contribution in [0.15, 0.2) is 30.9 Å². The molecule has 1 aliphatic rings.